The van der Waals surface area contributed by atoms with Crippen LogP contribution in [0.4, 0.5) is 0 Å². The maximum Gasteiger partial charge on any atom is 0.163 e. The van der Waals surface area contributed by atoms with Crippen molar-refractivity contribution in [1.82, 2.24) is 0 Å². The number of ketones is 1. The quantitative estimate of drug-likeness (QED) is 0.289. The van der Waals surface area contributed by atoms with Gasteiger partial charge in [-0.25, -0.2) is 0 Å². The fourth-order valence-electron chi connectivity index (χ4n) is 1.89. The van der Waals surface area contributed by atoms with Gasteiger partial charge in [-0.2, -0.15) is 0 Å². The molecule has 0 saturated carbocycles. The van der Waals surface area contributed by atoms with Crippen LogP contribution >= 0.6 is 0 Å². The number of benzene rings is 1. The summed E-state index contributed by atoms with van der Waals surface area (Å²) in [6.07, 6.45) is 1.08. The van der Waals surface area contributed by atoms with Crippen molar-refractivity contribution in [2.24, 2.45) is 5.92 Å². The molecule has 1 aromatic carbocycles. The smallest absolute Gasteiger partial charge is 0.163 e. The average Bonchev–Trinajstić information content (AvgIpc) is 2.60. The highest BCUT2D eigenvalue weighted by atomic mass is 16.7. The molecule has 0 heterocycles. The number of aldehydes is 1. The number of aryl methyl sites for hydroxylation is 2. The number of hydrogen-bond donors (Lipinski definition) is 0. The molecule has 1 unspecified atom stereocenters. The maximum absolute atomic E-state index is 11.7. The third-order valence-electron chi connectivity index (χ3n) is 3.37. The van der Waals surface area contributed by atoms with Crippen molar-refractivity contribution in [2.45, 2.75) is 54.3 Å². The lowest BCUT2D eigenvalue weighted by molar-refractivity contribution is -0.123. The zero-order chi connectivity index (χ0) is 19.8. The second-order valence-corrected chi connectivity index (χ2v) is 5.52. The molecular weight excluding hydrogens is 316 g/mol. The van der Waals surface area contributed by atoms with E-state index in [1.54, 1.807) is 6.92 Å². The minimum absolute atomic E-state index is 0.0370. The number of rotatable bonds is 8. The Balaban J connectivity index is 0. The highest BCUT2D eigenvalue weighted by molar-refractivity contribution is 5.97. The number of carbonyl (C=O) groups excluding carboxylic acids is 2. The molecule has 25 heavy (non-hydrogen) atoms. The molecule has 1 aromatic rings. The summed E-state index contributed by atoms with van der Waals surface area (Å²) in [6, 6.07) is 5.64. The van der Waals surface area contributed by atoms with Gasteiger partial charge in [0.25, 0.3) is 0 Å². The first kappa shape index (κ1) is 25.5. The Morgan fingerprint density at radius 1 is 1.08 bits per heavy atom. The Bertz CT molecular complexity index is 491. The van der Waals surface area contributed by atoms with Gasteiger partial charge < -0.3 is 14.3 Å². The molecule has 0 radical (unpaired) electrons. The van der Waals surface area contributed by atoms with Crippen molar-refractivity contribution in [3.8, 4) is 0 Å². The van der Waals surface area contributed by atoms with Crippen LogP contribution in [0, 0.1) is 19.8 Å². The number of hydrogen-bond acceptors (Lipinski definition) is 4. The third-order valence-corrected chi connectivity index (χ3v) is 3.37. The topological polar surface area (TPSA) is 52.6 Å². The number of ether oxygens (including phenoxy) is 2. The summed E-state index contributed by atoms with van der Waals surface area (Å²) in [5, 5.41) is 0. The summed E-state index contributed by atoms with van der Waals surface area (Å²) >= 11 is 0. The van der Waals surface area contributed by atoms with Gasteiger partial charge in [0.05, 0.1) is 0 Å². The first-order valence-electron chi connectivity index (χ1n) is 8.64. The van der Waals surface area contributed by atoms with E-state index in [2.05, 4.69) is 13.2 Å². The molecule has 0 amide bonds. The molecule has 0 aliphatic rings. The molecule has 0 aliphatic heterocycles. The molecule has 0 aromatic heterocycles. The fourth-order valence-corrected chi connectivity index (χ4v) is 1.89. The molecule has 4 heteroatoms. The molecule has 0 aliphatic carbocycles. The Kier molecular flexibility index (Phi) is 16.0. The summed E-state index contributed by atoms with van der Waals surface area (Å²) < 4.78 is 10.1. The molecule has 0 bridgehead atoms. The molecule has 4 nitrogen and oxygen atoms in total. The van der Waals surface area contributed by atoms with Crippen LogP contribution in [0.25, 0.3) is 0 Å². The summed E-state index contributed by atoms with van der Waals surface area (Å²) in [5.74, 6) is -0.156. The van der Waals surface area contributed by atoms with Crippen molar-refractivity contribution in [3.63, 3.8) is 0 Å². The first-order chi connectivity index (χ1) is 11.8. The SMILES string of the molecule is C=C.CCOC(C)OCC.Cc1ccc(C(=O)CC(C)C=O)cc1C. The largest absolute Gasteiger partial charge is 0.353 e. The van der Waals surface area contributed by atoms with E-state index >= 15 is 0 Å². The van der Waals surface area contributed by atoms with Crippen molar-refractivity contribution >= 4 is 12.1 Å². The maximum atomic E-state index is 11.7. The minimum atomic E-state index is -0.195. The molecule has 1 rings (SSSR count). The van der Waals surface area contributed by atoms with Gasteiger partial charge in [0.15, 0.2) is 12.1 Å². The predicted molar refractivity (Wildman–Crippen MR) is 104 cm³/mol. The average molecular weight is 350 g/mol. The Morgan fingerprint density at radius 2 is 1.60 bits per heavy atom. The number of carbonyl (C=O) groups is 2. The van der Waals surface area contributed by atoms with E-state index in [4.69, 9.17) is 9.47 Å². The Labute approximate surface area is 153 Å². The van der Waals surface area contributed by atoms with Crippen molar-refractivity contribution in [2.75, 3.05) is 13.2 Å². The zero-order valence-electron chi connectivity index (χ0n) is 16.6. The molecule has 0 fully saturated rings. The van der Waals surface area contributed by atoms with Crippen LogP contribution in [-0.4, -0.2) is 31.6 Å². The van der Waals surface area contributed by atoms with Crippen LogP contribution < -0.4 is 0 Å². The van der Waals surface area contributed by atoms with E-state index in [9.17, 15) is 9.59 Å². The van der Waals surface area contributed by atoms with Crippen LogP contribution in [0.1, 0.15) is 55.6 Å². The highest BCUT2D eigenvalue weighted by Crippen LogP contribution is 2.13. The van der Waals surface area contributed by atoms with Gasteiger partial charge in [-0.15, -0.1) is 13.2 Å². The van der Waals surface area contributed by atoms with Gasteiger partial charge in [0, 0.05) is 31.1 Å². The Morgan fingerprint density at radius 3 is 2.00 bits per heavy atom. The van der Waals surface area contributed by atoms with Crippen LogP contribution in [0.2, 0.25) is 0 Å². The fraction of sp³-hybridized carbons (Fsp3) is 0.524. The van der Waals surface area contributed by atoms with Gasteiger partial charge in [0.1, 0.15) is 6.29 Å². The summed E-state index contributed by atoms with van der Waals surface area (Å²) in [4.78, 5) is 22.2. The van der Waals surface area contributed by atoms with Crippen LogP contribution in [0.5, 0.6) is 0 Å². The standard InChI is InChI=1S/C13H16O2.C6H14O2.C2H4/c1-9(8-14)6-13(15)12-5-4-10(2)11(3)7-12;1-4-7-6(3)8-5-2;1-2/h4-5,7-9H,6H2,1-3H3;6H,4-5H2,1-3H3;1-2H2. The lowest BCUT2D eigenvalue weighted by Crippen LogP contribution is -2.11. The zero-order valence-corrected chi connectivity index (χ0v) is 16.6. The first-order valence-corrected chi connectivity index (χ1v) is 8.64. The monoisotopic (exact) mass is 350 g/mol. The summed E-state index contributed by atoms with van der Waals surface area (Å²) in [5.41, 5.74) is 2.99. The van der Waals surface area contributed by atoms with Gasteiger partial charge in [-0.1, -0.05) is 19.1 Å². The summed E-state index contributed by atoms with van der Waals surface area (Å²) in [6.45, 7) is 19.0. The van der Waals surface area contributed by atoms with Gasteiger partial charge >= 0.3 is 0 Å². The Hall–Kier alpha value is -1.78. The van der Waals surface area contributed by atoms with E-state index in [0.29, 0.717) is 12.0 Å². The lowest BCUT2D eigenvalue weighted by Gasteiger charge is -2.09. The van der Waals surface area contributed by atoms with Crippen molar-refractivity contribution in [1.29, 1.82) is 0 Å². The van der Waals surface area contributed by atoms with E-state index in [1.165, 1.54) is 5.56 Å². The predicted octanol–water partition coefficient (Wildman–Crippen LogP) is 4.92. The molecule has 0 N–H and O–H groups in total. The number of Topliss-reactive ketones (excluding diaryl/α,β-unsaturated/α-hetero) is 1. The highest BCUT2D eigenvalue weighted by Gasteiger charge is 2.10. The minimum Gasteiger partial charge on any atom is -0.353 e. The lowest BCUT2D eigenvalue weighted by atomic mass is 9.98. The van der Waals surface area contributed by atoms with E-state index in [-0.39, 0.29) is 18.0 Å². The molecule has 1 atom stereocenters. The van der Waals surface area contributed by atoms with E-state index in [0.717, 1.165) is 25.1 Å². The van der Waals surface area contributed by atoms with Crippen LogP contribution in [0.15, 0.2) is 31.4 Å². The second kappa shape index (κ2) is 15.7. The summed E-state index contributed by atoms with van der Waals surface area (Å²) in [7, 11) is 0. The molecular formula is C21H34O4. The molecule has 0 spiro atoms. The van der Waals surface area contributed by atoms with Crippen LogP contribution in [-0.2, 0) is 14.3 Å². The second-order valence-electron chi connectivity index (χ2n) is 5.52. The van der Waals surface area contributed by atoms with Crippen molar-refractivity contribution in [3.05, 3.63) is 48.0 Å². The molecule has 0 saturated heterocycles. The van der Waals surface area contributed by atoms with Crippen LogP contribution in [0.3, 0.4) is 0 Å². The molecule has 142 valence electrons. The van der Waals surface area contributed by atoms with Gasteiger partial charge in [-0.05, 0) is 51.8 Å². The normalized spacial score (nSPS) is 10.8. The van der Waals surface area contributed by atoms with Crippen molar-refractivity contribution < 1.29 is 19.1 Å². The van der Waals surface area contributed by atoms with E-state index < -0.39 is 0 Å². The van der Waals surface area contributed by atoms with E-state index in [1.807, 2.05) is 52.8 Å². The third kappa shape index (κ3) is 12.3. The van der Waals surface area contributed by atoms with Gasteiger partial charge in [0.2, 0.25) is 0 Å². The van der Waals surface area contributed by atoms with Gasteiger partial charge in [-0.3, -0.25) is 4.79 Å².